The van der Waals surface area contributed by atoms with Crippen LogP contribution in [0.1, 0.15) is 24.0 Å². The fourth-order valence-electron chi connectivity index (χ4n) is 4.11. The van der Waals surface area contributed by atoms with Crippen LogP contribution >= 0.6 is 0 Å². The molecule has 3 aromatic rings. The number of para-hydroxylation sites is 1. The lowest BCUT2D eigenvalue weighted by Crippen LogP contribution is -2.39. The van der Waals surface area contributed by atoms with E-state index >= 15 is 0 Å². The highest BCUT2D eigenvalue weighted by atomic mass is 32.2. The van der Waals surface area contributed by atoms with Gasteiger partial charge in [-0.15, -0.1) is 0 Å². The first-order valence-corrected chi connectivity index (χ1v) is 12.5. The summed E-state index contributed by atoms with van der Waals surface area (Å²) in [4.78, 5) is 29.9. The Balaban J connectivity index is 2.00. The molecule has 0 radical (unpaired) electrons. The normalized spacial score (nSPS) is 16.8. The first-order chi connectivity index (χ1) is 16.4. The van der Waals surface area contributed by atoms with Gasteiger partial charge in [-0.25, -0.2) is 8.42 Å². The highest BCUT2D eigenvalue weighted by molar-refractivity contribution is 7.90. The third-order valence-electron chi connectivity index (χ3n) is 5.76. The number of amides is 2. The van der Waals surface area contributed by atoms with Crippen LogP contribution in [0.25, 0.3) is 0 Å². The molecule has 0 bridgehead atoms. The van der Waals surface area contributed by atoms with Gasteiger partial charge in [0.15, 0.2) is 9.84 Å². The second-order valence-electron chi connectivity index (χ2n) is 8.07. The summed E-state index contributed by atoms with van der Waals surface area (Å²) in [7, 11) is -3.64. The molecule has 0 fully saturated rings. The van der Waals surface area contributed by atoms with Crippen molar-refractivity contribution in [2.45, 2.75) is 23.9 Å². The zero-order chi connectivity index (χ0) is 25.5. The van der Waals surface area contributed by atoms with Gasteiger partial charge in [-0.05, 0) is 55.0 Å². The number of hydrogen-bond donors (Lipinski definition) is 0. The molecule has 35 heavy (non-hydrogen) atoms. The molecule has 1 atom stereocenters. The second kappa shape index (κ2) is 8.84. The highest BCUT2D eigenvalue weighted by Crippen LogP contribution is 2.44. The Labute approximate surface area is 200 Å². The van der Waals surface area contributed by atoms with Gasteiger partial charge in [0.25, 0.3) is 0 Å². The molecular weight excluding hydrogens is 481 g/mol. The van der Waals surface area contributed by atoms with Crippen molar-refractivity contribution in [3.05, 3.63) is 83.9 Å². The van der Waals surface area contributed by atoms with Crippen LogP contribution in [-0.2, 0) is 25.6 Å². The molecule has 1 aliphatic rings. The Bertz CT molecular complexity index is 1410. The first-order valence-electron chi connectivity index (χ1n) is 10.6. The monoisotopic (exact) mass is 502 g/mol. The molecule has 0 aromatic heterocycles. The molecule has 0 saturated carbocycles. The van der Waals surface area contributed by atoms with Crippen molar-refractivity contribution in [2.75, 3.05) is 22.6 Å². The minimum Gasteiger partial charge on any atom is -0.310 e. The van der Waals surface area contributed by atoms with Crippen LogP contribution in [0, 0.1) is 0 Å². The van der Waals surface area contributed by atoms with Crippen molar-refractivity contribution in [2.24, 2.45) is 0 Å². The van der Waals surface area contributed by atoms with Crippen molar-refractivity contribution in [3.8, 4) is 0 Å². The standard InChI is InChI=1S/C25H21F3N2O4S/c1-3-29-20-13-12-17(25(26,27)28)15-21(20)30(18-9-5-4-6-10-18)24(32)22(23(29)31)16-8-7-11-19(14-16)35(2,33)34/h4-15,22H,3H2,1-2H3. The number of likely N-dealkylation sites (N-methyl/N-ethyl adjacent to an activating group) is 1. The number of rotatable bonds is 4. The van der Waals surface area contributed by atoms with Gasteiger partial charge in [-0.3, -0.25) is 14.5 Å². The minimum absolute atomic E-state index is 0.0778. The van der Waals surface area contributed by atoms with Crippen LogP contribution in [0.3, 0.4) is 0 Å². The number of benzene rings is 3. The lowest BCUT2D eigenvalue weighted by molar-refractivity contribution is -0.137. The minimum atomic E-state index is -4.67. The van der Waals surface area contributed by atoms with Crippen molar-refractivity contribution in [1.29, 1.82) is 0 Å². The number of hydrogen-bond acceptors (Lipinski definition) is 4. The van der Waals surface area contributed by atoms with Crippen molar-refractivity contribution >= 4 is 38.7 Å². The number of halogens is 3. The molecule has 10 heteroatoms. The maximum absolute atomic E-state index is 14.0. The SMILES string of the molecule is CCN1C(=O)C(c2cccc(S(C)(=O)=O)c2)C(=O)N(c2ccccc2)c2cc(C(F)(F)F)ccc21. The summed E-state index contributed by atoms with van der Waals surface area (Å²) >= 11 is 0. The van der Waals surface area contributed by atoms with Crippen molar-refractivity contribution < 1.29 is 31.2 Å². The van der Waals surface area contributed by atoms with Crippen LogP contribution in [0.15, 0.2) is 77.7 Å². The lowest BCUT2D eigenvalue weighted by atomic mass is 9.96. The average molecular weight is 503 g/mol. The fourth-order valence-corrected chi connectivity index (χ4v) is 4.79. The van der Waals surface area contributed by atoms with Gasteiger partial charge in [0, 0.05) is 18.5 Å². The van der Waals surface area contributed by atoms with E-state index in [1.807, 2.05) is 0 Å². The molecular formula is C25H21F3N2O4S. The summed E-state index contributed by atoms with van der Waals surface area (Å²) in [6, 6.07) is 16.4. The summed E-state index contributed by atoms with van der Waals surface area (Å²) in [5.74, 6) is -2.93. The van der Waals surface area contributed by atoms with E-state index in [1.165, 1.54) is 35.2 Å². The van der Waals surface area contributed by atoms with E-state index in [2.05, 4.69) is 0 Å². The molecule has 0 aliphatic carbocycles. The smallest absolute Gasteiger partial charge is 0.310 e. The molecule has 0 spiro atoms. The molecule has 3 aromatic carbocycles. The van der Waals surface area contributed by atoms with Crippen LogP contribution in [0.5, 0.6) is 0 Å². The van der Waals surface area contributed by atoms with Crippen molar-refractivity contribution in [1.82, 2.24) is 0 Å². The zero-order valence-electron chi connectivity index (χ0n) is 18.8. The zero-order valence-corrected chi connectivity index (χ0v) is 19.6. The highest BCUT2D eigenvalue weighted by Gasteiger charge is 2.43. The largest absolute Gasteiger partial charge is 0.416 e. The van der Waals surface area contributed by atoms with Gasteiger partial charge in [0.1, 0.15) is 5.92 Å². The third-order valence-corrected chi connectivity index (χ3v) is 6.88. The van der Waals surface area contributed by atoms with E-state index in [1.54, 1.807) is 37.3 Å². The third kappa shape index (κ3) is 4.53. The number of alkyl halides is 3. The molecule has 1 aliphatic heterocycles. The van der Waals surface area contributed by atoms with Gasteiger partial charge in [0.05, 0.1) is 21.8 Å². The van der Waals surface area contributed by atoms with Crippen molar-refractivity contribution in [3.63, 3.8) is 0 Å². The summed E-state index contributed by atoms with van der Waals surface area (Å²) in [5, 5.41) is 0. The topological polar surface area (TPSA) is 74.8 Å². The predicted molar refractivity (Wildman–Crippen MR) is 125 cm³/mol. The number of carbonyl (C=O) groups is 2. The fraction of sp³-hybridized carbons (Fsp3) is 0.200. The molecule has 1 unspecified atom stereocenters. The summed E-state index contributed by atoms with van der Waals surface area (Å²) in [6.45, 7) is 1.72. The molecule has 0 saturated heterocycles. The molecule has 0 N–H and O–H groups in total. The molecule has 6 nitrogen and oxygen atoms in total. The van der Waals surface area contributed by atoms with E-state index < -0.39 is 39.3 Å². The average Bonchev–Trinajstić information content (AvgIpc) is 2.89. The quantitative estimate of drug-likeness (QED) is 0.475. The van der Waals surface area contributed by atoms with Gasteiger partial charge < -0.3 is 4.90 Å². The molecule has 4 rings (SSSR count). The van der Waals surface area contributed by atoms with E-state index in [9.17, 15) is 31.2 Å². The first kappa shape index (κ1) is 24.5. The van der Waals surface area contributed by atoms with Gasteiger partial charge >= 0.3 is 6.18 Å². The van der Waals surface area contributed by atoms with Crippen LogP contribution in [0.4, 0.5) is 30.2 Å². The Morgan fingerprint density at radius 3 is 2.14 bits per heavy atom. The van der Waals surface area contributed by atoms with Crippen LogP contribution < -0.4 is 9.80 Å². The number of nitrogens with zero attached hydrogens (tertiary/aromatic N) is 2. The number of sulfone groups is 1. The maximum atomic E-state index is 14.0. The summed E-state index contributed by atoms with van der Waals surface area (Å²) in [5.41, 5.74) is -0.511. The summed E-state index contributed by atoms with van der Waals surface area (Å²) in [6.07, 6.45) is -3.66. The van der Waals surface area contributed by atoms with Gasteiger partial charge in [0.2, 0.25) is 11.8 Å². The Morgan fingerprint density at radius 2 is 1.54 bits per heavy atom. The number of fused-ring (bicyclic) bond motifs is 1. The van der Waals surface area contributed by atoms with E-state index in [4.69, 9.17) is 0 Å². The van der Waals surface area contributed by atoms with E-state index in [0.29, 0.717) is 0 Å². The lowest BCUT2D eigenvalue weighted by Gasteiger charge is -2.26. The van der Waals surface area contributed by atoms with Gasteiger partial charge in [-0.2, -0.15) is 13.2 Å². The molecule has 182 valence electrons. The second-order valence-corrected chi connectivity index (χ2v) is 10.1. The maximum Gasteiger partial charge on any atom is 0.416 e. The number of carbonyl (C=O) groups excluding carboxylic acids is 2. The molecule has 2 amide bonds. The Kier molecular flexibility index (Phi) is 6.18. The van der Waals surface area contributed by atoms with Crippen LogP contribution in [0.2, 0.25) is 0 Å². The Hall–Kier alpha value is -3.66. The van der Waals surface area contributed by atoms with Gasteiger partial charge in [-0.1, -0.05) is 30.3 Å². The van der Waals surface area contributed by atoms with E-state index in [-0.39, 0.29) is 34.1 Å². The van der Waals surface area contributed by atoms with Crippen LogP contribution in [-0.4, -0.2) is 33.0 Å². The molecule has 1 heterocycles. The predicted octanol–water partition coefficient (Wildman–Crippen LogP) is 4.92. The summed E-state index contributed by atoms with van der Waals surface area (Å²) < 4.78 is 65.0. The van der Waals surface area contributed by atoms with E-state index in [0.717, 1.165) is 23.3 Å². The number of anilines is 3. The Morgan fingerprint density at radius 1 is 0.857 bits per heavy atom.